The van der Waals surface area contributed by atoms with Crippen molar-refractivity contribution in [1.82, 2.24) is 35.0 Å². The molecule has 1 aliphatic heterocycles. The van der Waals surface area contributed by atoms with Crippen LogP contribution in [0.2, 0.25) is 0 Å². The summed E-state index contributed by atoms with van der Waals surface area (Å²) in [5.74, 6) is 2.84. The van der Waals surface area contributed by atoms with Gasteiger partial charge in [0.25, 0.3) is 0 Å². The Morgan fingerprint density at radius 2 is 1.91 bits per heavy atom. The first-order chi connectivity index (χ1) is 11.4. The number of benzene rings is 1. The van der Waals surface area contributed by atoms with Gasteiger partial charge in [-0.25, -0.2) is 0 Å². The number of fused-ring (bicyclic) bond motifs is 1. The average molecular weight is 327 g/mol. The number of hydrogen-bond acceptors (Lipinski definition) is 6. The Bertz CT molecular complexity index is 780. The molecule has 8 heteroatoms. The fourth-order valence-corrected chi connectivity index (χ4v) is 3.61. The first kappa shape index (κ1) is 14.4. The van der Waals surface area contributed by atoms with Crippen LogP contribution in [0.5, 0.6) is 0 Å². The SMILES string of the molecule is c1ccc(-n2nnnc2SCc2nnc3n2CCCCC3)cc1. The summed E-state index contributed by atoms with van der Waals surface area (Å²) in [4.78, 5) is 0. The fourth-order valence-electron chi connectivity index (χ4n) is 2.78. The number of nitrogens with zero attached hydrogens (tertiary/aromatic N) is 7. The lowest BCUT2D eigenvalue weighted by molar-refractivity contribution is 0.616. The van der Waals surface area contributed by atoms with E-state index in [1.807, 2.05) is 30.3 Å². The lowest BCUT2D eigenvalue weighted by Crippen LogP contribution is -2.05. The Morgan fingerprint density at radius 3 is 2.83 bits per heavy atom. The summed E-state index contributed by atoms with van der Waals surface area (Å²) in [6.07, 6.45) is 4.70. The van der Waals surface area contributed by atoms with Crippen molar-refractivity contribution < 1.29 is 0 Å². The zero-order valence-electron chi connectivity index (χ0n) is 12.7. The monoisotopic (exact) mass is 327 g/mol. The summed E-state index contributed by atoms with van der Waals surface area (Å²) in [5, 5.41) is 21.5. The van der Waals surface area contributed by atoms with Crippen LogP contribution < -0.4 is 0 Å². The van der Waals surface area contributed by atoms with E-state index in [0.29, 0.717) is 0 Å². The number of aryl methyl sites for hydroxylation is 1. The van der Waals surface area contributed by atoms with Crippen LogP contribution in [0.15, 0.2) is 35.5 Å². The van der Waals surface area contributed by atoms with E-state index in [2.05, 4.69) is 30.3 Å². The maximum absolute atomic E-state index is 4.36. The molecule has 2 aromatic heterocycles. The lowest BCUT2D eigenvalue weighted by Gasteiger charge is -2.07. The van der Waals surface area contributed by atoms with Crippen LogP contribution in [0.1, 0.15) is 30.9 Å². The van der Waals surface area contributed by atoms with E-state index in [1.165, 1.54) is 19.3 Å². The quantitative estimate of drug-likeness (QED) is 0.684. The largest absolute Gasteiger partial charge is 0.314 e. The highest BCUT2D eigenvalue weighted by atomic mass is 32.2. The minimum Gasteiger partial charge on any atom is -0.314 e. The number of rotatable bonds is 4. The molecule has 0 unspecified atom stereocenters. The van der Waals surface area contributed by atoms with E-state index in [1.54, 1.807) is 16.4 Å². The number of tetrazole rings is 1. The molecule has 3 heterocycles. The van der Waals surface area contributed by atoms with Gasteiger partial charge in [-0.05, 0) is 35.4 Å². The Hall–Kier alpha value is -2.22. The molecule has 0 saturated carbocycles. The molecule has 0 radical (unpaired) electrons. The summed E-state index contributed by atoms with van der Waals surface area (Å²) >= 11 is 1.59. The second-order valence-electron chi connectivity index (χ2n) is 5.49. The summed E-state index contributed by atoms with van der Waals surface area (Å²) < 4.78 is 4.01. The van der Waals surface area contributed by atoms with Crippen molar-refractivity contribution >= 4 is 11.8 Å². The third kappa shape index (κ3) is 2.98. The van der Waals surface area contributed by atoms with E-state index in [-0.39, 0.29) is 0 Å². The van der Waals surface area contributed by atoms with E-state index >= 15 is 0 Å². The number of aromatic nitrogens is 7. The van der Waals surface area contributed by atoms with Crippen molar-refractivity contribution in [2.24, 2.45) is 0 Å². The summed E-state index contributed by atoms with van der Waals surface area (Å²) in [6.45, 7) is 1.02. The molecule has 0 saturated heterocycles. The topological polar surface area (TPSA) is 74.3 Å². The number of thioether (sulfide) groups is 1. The molecule has 1 aliphatic rings. The Morgan fingerprint density at radius 1 is 1.00 bits per heavy atom. The number of para-hydroxylation sites is 1. The zero-order valence-corrected chi connectivity index (χ0v) is 13.5. The molecule has 7 nitrogen and oxygen atoms in total. The van der Waals surface area contributed by atoms with Gasteiger partial charge in [0.2, 0.25) is 5.16 Å². The van der Waals surface area contributed by atoms with E-state index in [4.69, 9.17) is 0 Å². The van der Waals surface area contributed by atoms with Crippen molar-refractivity contribution in [3.05, 3.63) is 42.0 Å². The van der Waals surface area contributed by atoms with Crippen molar-refractivity contribution in [2.45, 2.75) is 43.1 Å². The first-order valence-electron chi connectivity index (χ1n) is 7.79. The van der Waals surface area contributed by atoms with Crippen LogP contribution in [0.3, 0.4) is 0 Å². The first-order valence-corrected chi connectivity index (χ1v) is 8.78. The molecule has 1 aromatic carbocycles. The normalized spacial score (nSPS) is 14.4. The zero-order chi connectivity index (χ0) is 15.5. The Labute approximate surface area is 138 Å². The fraction of sp³-hybridized carbons (Fsp3) is 0.400. The average Bonchev–Trinajstić information content (AvgIpc) is 3.14. The van der Waals surface area contributed by atoms with Crippen molar-refractivity contribution in [3.8, 4) is 5.69 Å². The Kier molecular flexibility index (Phi) is 4.06. The molecule has 0 amide bonds. The van der Waals surface area contributed by atoms with Crippen LogP contribution in [0, 0.1) is 0 Å². The van der Waals surface area contributed by atoms with Gasteiger partial charge in [-0.1, -0.05) is 36.4 Å². The standard InChI is InChI=1S/C15H17N7S/c1-3-7-12(8-4-1)22-15(18-19-20-22)23-11-14-17-16-13-9-5-2-6-10-21(13)14/h1,3-4,7-8H,2,5-6,9-11H2. The maximum Gasteiger partial charge on any atom is 0.214 e. The molecule has 0 spiro atoms. The summed E-state index contributed by atoms with van der Waals surface area (Å²) in [5.41, 5.74) is 0.958. The molecule has 3 aromatic rings. The van der Waals surface area contributed by atoms with E-state index in [0.717, 1.165) is 41.2 Å². The van der Waals surface area contributed by atoms with E-state index in [9.17, 15) is 0 Å². The molecule has 0 fully saturated rings. The molecule has 0 bridgehead atoms. The molecule has 4 rings (SSSR count). The third-order valence-corrected chi connectivity index (χ3v) is 4.87. The minimum atomic E-state index is 0.722. The van der Waals surface area contributed by atoms with Gasteiger partial charge in [0.15, 0.2) is 0 Å². The van der Waals surface area contributed by atoms with Gasteiger partial charge >= 0.3 is 0 Å². The number of hydrogen-bond donors (Lipinski definition) is 0. The highest BCUT2D eigenvalue weighted by Gasteiger charge is 2.16. The molecule has 0 aliphatic carbocycles. The lowest BCUT2D eigenvalue weighted by atomic mass is 10.2. The van der Waals surface area contributed by atoms with Crippen molar-refractivity contribution in [1.29, 1.82) is 0 Å². The van der Waals surface area contributed by atoms with Crippen LogP contribution in [-0.2, 0) is 18.7 Å². The van der Waals surface area contributed by atoms with Crippen molar-refractivity contribution in [3.63, 3.8) is 0 Å². The molecule has 0 N–H and O–H groups in total. The van der Waals surface area contributed by atoms with Crippen molar-refractivity contribution in [2.75, 3.05) is 0 Å². The molecular weight excluding hydrogens is 310 g/mol. The second kappa shape index (κ2) is 6.49. The predicted octanol–water partition coefficient (Wildman–Crippen LogP) is 2.27. The van der Waals surface area contributed by atoms with Gasteiger partial charge in [0.05, 0.1) is 11.4 Å². The van der Waals surface area contributed by atoms with Gasteiger partial charge in [-0.15, -0.1) is 15.3 Å². The van der Waals surface area contributed by atoms with Crippen LogP contribution in [-0.4, -0.2) is 35.0 Å². The highest BCUT2D eigenvalue weighted by molar-refractivity contribution is 7.98. The molecule has 23 heavy (non-hydrogen) atoms. The van der Waals surface area contributed by atoms with Gasteiger partial charge < -0.3 is 4.57 Å². The van der Waals surface area contributed by atoms with Gasteiger partial charge in [-0.3, -0.25) is 0 Å². The smallest absolute Gasteiger partial charge is 0.214 e. The van der Waals surface area contributed by atoms with Gasteiger partial charge in [0.1, 0.15) is 11.6 Å². The summed E-state index contributed by atoms with van der Waals surface area (Å²) in [7, 11) is 0. The van der Waals surface area contributed by atoms with Crippen LogP contribution in [0.4, 0.5) is 0 Å². The van der Waals surface area contributed by atoms with Crippen LogP contribution in [0.25, 0.3) is 5.69 Å². The Balaban J connectivity index is 1.53. The third-order valence-electron chi connectivity index (χ3n) is 3.96. The minimum absolute atomic E-state index is 0.722. The maximum atomic E-state index is 4.36. The molecular formula is C15H17N7S. The molecule has 118 valence electrons. The summed E-state index contributed by atoms with van der Waals surface area (Å²) in [6, 6.07) is 9.91. The predicted molar refractivity (Wildman–Crippen MR) is 86.3 cm³/mol. The van der Waals surface area contributed by atoms with Gasteiger partial charge in [0, 0.05) is 13.0 Å². The van der Waals surface area contributed by atoms with Gasteiger partial charge in [-0.2, -0.15) is 4.68 Å². The van der Waals surface area contributed by atoms with E-state index < -0.39 is 0 Å². The second-order valence-corrected chi connectivity index (χ2v) is 6.43. The highest BCUT2D eigenvalue weighted by Crippen LogP contribution is 2.23. The van der Waals surface area contributed by atoms with Crippen LogP contribution >= 0.6 is 11.8 Å². The molecule has 0 atom stereocenters.